The Kier molecular flexibility index (Phi) is 4.33. The number of hydrogen-bond donors (Lipinski definition) is 2. The number of nitrogens with one attached hydrogen (secondary N) is 2. The van der Waals surface area contributed by atoms with Gasteiger partial charge >= 0.3 is 0 Å². The molecular formula is C17H14F2N4O. The van der Waals surface area contributed by atoms with Crippen molar-refractivity contribution in [3.63, 3.8) is 0 Å². The first-order valence-electron chi connectivity index (χ1n) is 7.27. The quantitative estimate of drug-likeness (QED) is 0.771. The Morgan fingerprint density at radius 2 is 1.92 bits per heavy atom. The van der Waals surface area contributed by atoms with Crippen molar-refractivity contribution in [3.8, 4) is 0 Å². The maximum atomic E-state index is 13.6. The fourth-order valence-electron chi connectivity index (χ4n) is 2.22. The Hall–Kier alpha value is -3.09. The Morgan fingerprint density at radius 1 is 1.12 bits per heavy atom. The van der Waals surface area contributed by atoms with Gasteiger partial charge in [-0.2, -0.15) is 0 Å². The summed E-state index contributed by atoms with van der Waals surface area (Å²) in [7, 11) is 0. The number of carbonyl (C=O) groups excluding carboxylic acids is 1. The highest BCUT2D eigenvalue weighted by Gasteiger charge is 2.16. The van der Waals surface area contributed by atoms with Crippen LogP contribution in [0.5, 0.6) is 0 Å². The number of hydrogen-bond acceptors (Lipinski definition) is 4. The lowest BCUT2D eigenvalue weighted by atomic mass is 10.2. The maximum Gasteiger partial charge on any atom is 0.246 e. The van der Waals surface area contributed by atoms with E-state index in [1.165, 1.54) is 6.33 Å². The van der Waals surface area contributed by atoms with Crippen molar-refractivity contribution in [2.75, 3.05) is 10.6 Å². The Labute approximate surface area is 136 Å². The second-order valence-corrected chi connectivity index (χ2v) is 5.22. The Balaban J connectivity index is 1.77. The van der Waals surface area contributed by atoms with Crippen molar-refractivity contribution in [2.24, 2.45) is 0 Å². The lowest BCUT2D eigenvalue weighted by molar-refractivity contribution is -0.116. The molecule has 0 spiro atoms. The number of amides is 1. The van der Waals surface area contributed by atoms with E-state index >= 15 is 0 Å². The highest BCUT2D eigenvalue weighted by molar-refractivity contribution is 5.98. The number of fused-ring (bicyclic) bond motifs is 1. The number of benzene rings is 2. The summed E-state index contributed by atoms with van der Waals surface area (Å²) in [4.78, 5) is 20.5. The molecule has 0 fully saturated rings. The number of anilines is 2. The highest BCUT2D eigenvalue weighted by atomic mass is 19.1. The molecule has 2 aromatic carbocycles. The van der Waals surface area contributed by atoms with Crippen molar-refractivity contribution in [2.45, 2.75) is 13.0 Å². The predicted molar refractivity (Wildman–Crippen MR) is 87.6 cm³/mol. The second-order valence-electron chi connectivity index (χ2n) is 5.22. The van der Waals surface area contributed by atoms with Gasteiger partial charge in [0.25, 0.3) is 0 Å². The van der Waals surface area contributed by atoms with Gasteiger partial charge in [-0.1, -0.05) is 12.1 Å². The van der Waals surface area contributed by atoms with Crippen LogP contribution in [-0.2, 0) is 4.79 Å². The molecule has 1 aromatic heterocycles. The zero-order valence-electron chi connectivity index (χ0n) is 12.8. The number of carbonyl (C=O) groups is 1. The first kappa shape index (κ1) is 15.8. The summed E-state index contributed by atoms with van der Waals surface area (Å²) in [5, 5.41) is 6.08. The summed E-state index contributed by atoms with van der Waals surface area (Å²) in [5.74, 6) is -1.36. The van der Waals surface area contributed by atoms with Gasteiger partial charge in [0.1, 0.15) is 29.8 Å². The summed E-state index contributed by atoms with van der Waals surface area (Å²) in [5.41, 5.74) is 0.528. The van der Waals surface area contributed by atoms with Crippen molar-refractivity contribution in [1.82, 2.24) is 9.97 Å². The van der Waals surface area contributed by atoms with E-state index in [-0.39, 0.29) is 5.69 Å². The van der Waals surface area contributed by atoms with Gasteiger partial charge in [0.2, 0.25) is 5.91 Å². The van der Waals surface area contributed by atoms with Crippen LogP contribution in [-0.4, -0.2) is 21.9 Å². The van der Waals surface area contributed by atoms with Crippen molar-refractivity contribution in [3.05, 3.63) is 60.4 Å². The molecule has 0 saturated carbocycles. The molecule has 1 amide bonds. The molecule has 1 heterocycles. The summed E-state index contributed by atoms with van der Waals surface area (Å²) in [6.45, 7) is 1.60. The zero-order chi connectivity index (χ0) is 17.1. The van der Waals surface area contributed by atoms with E-state index in [1.54, 1.807) is 6.92 Å². The molecule has 3 aromatic rings. The molecule has 1 atom stereocenters. The highest BCUT2D eigenvalue weighted by Crippen LogP contribution is 2.20. The van der Waals surface area contributed by atoms with Crippen LogP contribution in [0, 0.1) is 11.6 Å². The van der Waals surface area contributed by atoms with Crippen LogP contribution in [0.1, 0.15) is 6.92 Å². The van der Waals surface area contributed by atoms with Gasteiger partial charge in [-0.25, -0.2) is 18.7 Å². The lowest BCUT2D eigenvalue weighted by Gasteiger charge is -2.16. The SMILES string of the molecule is CC(Nc1ncnc2ccccc12)C(=O)Nc1cc(F)ccc1F. The van der Waals surface area contributed by atoms with Crippen LogP contribution in [0.4, 0.5) is 20.3 Å². The van der Waals surface area contributed by atoms with Crippen LogP contribution in [0.25, 0.3) is 10.9 Å². The molecule has 2 N–H and O–H groups in total. The molecule has 3 rings (SSSR count). The molecule has 24 heavy (non-hydrogen) atoms. The molecule has 0 bridgehead atoms. The number of rotatable bonds is 4. The summed E-state index contributed by atoms with van der Waals surface area (Å²) in [6, 6.07) is 9.50. The van der Waals surface area contributed by atoms with Gasteiger partial charge < -0.3 is 10.6 Å². The maximum absolute atomic E-state index is 13.6. The van der Waals surface area contributed by atoms with Gasteiger partial charge in [0.15, 0.2) is 0 Å². The van der Waals surface area contributed by atoms with Crippen molar-refractivity contribution < 1.29 is 13.6 Å². The predicted octanol–water partition coefficient (Wildman–Crippen LogP) is 3.35. The summed E-state index contributed by atoms with van der Waals surface area (Å²) in [6.07, 6.45) is 1.39. The fraction of sp³-hybridized carbons (Fsp3) is 0.118. The Bertz CT molecular complexity index is 895. The minimum Gasteiger partial charge on any atom is -0.358 e. The van der Waals surface area contributed by atoms with Gasteiger partial charge in [-0.15, -0.1) is 0 Å². The average molecular weight is 328 g/mol. The molecular weight excluding hydrogens is 314 g/mol. The van der Waals surface area contributed by atoms with E-state index in [0.717, 1.165) is 29.1 Å². The molecule has 5 nitrogen and oxygen atoms in total. The van der Waals surface area contributed by atoms with Crippen molar-refractivity contribution >= 4 is 28.3 Å². The molecule has 0 aliphatic rings. The third kappa shape index (κ3) is 3.29. The molecule has 0 radical (unpaired) electrons. The van der Waals surface area contributed by atoms with E-state index in [9.17, 15) is 13.6 Å². The molecule has 0 aliphatic heterocycles. The minimum atomic E-state index is -0.717. The van der Waals surface area contributed by atoms with Gasteiger partial charge in [-0.05, 0) is 31.2 Å². The second kappa shape index (κ2) is 6.57. The number of para-hydroxylation sites is 1. The van der Waals surface area contributed by atoms with Crippen LogP contribution >= 0.6 is 0 Å². The first-order chi connectivity index (χ1) is 11.5. The number of halogens is 2. The van der Waals surface area contributed by atoms with E-state index in [2.05, 4.69) is 20.6 Å². The van der Waals surface area contributed by atoms with E-state index in [4.69, 9.17) is 0 Å². The normalized spacial score (nSPS) is 12.0. The van der Waals surface area contributed by atoms with Crippen LogP contribution < -0.4 is 10.6 Å². The van der Waals surface area contributed by atoms with Gasteiger partial charge in [0.05, 0.1) is 11.2 Å². The van der Waals surface area contributed by atoms with E-state index in [1.807, 2.05) is 24.3 Å². The average Bonchev–Trinajstić information content (AvgIpc) is 2.58. The lowest BCUT2D eigenvalue weighted by Crippen LogP contribution is -2.32. The fourth-order valence-corrected chi connectivity index (χ4v) is 2.22. The van der Waals surface area contributed by atoms with Crippen LogP contribution in [0.3, 0.4) is 0 Å². The van der Waals surface area contributed by atoms with Crippen LogP contribution in [0.15, 0.2) is 48.8 Å². The van der Waals surface area contributed by atoms with Crippen molar-refractivity contribution in [1.29, 1.82) is 0 Å². The summed E-state index contributed by atoms with van der Waals surface area (Å²) >= 11 is 0. The minimum absolute atomic E-state index is 0.207. The molecule has 0 saturated heterocycles. The topological polar surface area (TPSA) is 66.9 Å². The molecule has 7 heteroatoms. The van der Waals surface area contributed by atoms with E-state index in [0.29, 0.717) is 5.82 Å². The molecule has 122 valence electrons. The monoisotopic (exact) mass is 328 g/mol. The van der Waals surface area contributed by atoms with E-state index < -0.39 is 23.6 Å². The van der Waals surface area contributed by atoms with Gasteiger partial charge in [-0.3, -0.25) is 4.79 Å². The molecule has 1 unspecified atom stereocenters. The summed E-state index contributed by atoms with van der Waals surface area (Å²) < 4.78 is 26.8. The standard InChI is InChI=1S/C17H14F2N4O/c1-10(17(24)23-15-8-11(18)6-7-13(15)19)22-16-12-4-2-3-5-14(12)20-9-21-16/h2-10H,1H3,(H,23,24)(H,20,21,22). The Morgan fingerprint density at radius 3 is 2.75 bits per heavy atom. The van der Waals surface area contributed by atoms with Gasteiger partial charge in [0, 0.05) is 11.5 Å². The number of aromatic nitrogens is 2. The number of nitrogens with zero attached hydrogens (tertiary/aromatic N) is 2. The zero-order valence-corrected chi connectivity index (χ0v) is 12.8. The first-order valence-corrected chi connectivity index (χ1v) is 7.27. The van der Waals surface area contributed by atoms with Crippen LogP contribution in [0.2, 0.25) is 0 Å². The molecule has 0 aliphatic carbocycles. The third-order valence-electron chi connectivity index (χ3n) is 3.48. The smallest absolute Gasteiger partial charge is 0.246 e. The third-order valence-corrected chi connectivity index (χ3v) is 3.48. The largest absolute Gasteiger partial charge is 0.358 e.